The first-order chi connectivity index (χ1) is 12.3. The average molecular weight is 483 g/mol. The number of ether oxygens (including phenoxy) is 1. The molecule has 4 rings (SSSR count). The number of esters is 1. The van der Waals surface area contributed by atoms with Crippen LogP contribution in [0.5, 0.6) is 0 Å². The highest BCUT2D eigenvalue weighted by Crippen LogP contribution is 2.49. The topological polar surface area (TPSA) is 65.4 Å². The van der Waals surface area contributed by atoms with E-state index in [-0.39, 0.29) is 31.0 Å². The van der Waals surface area contributed by atoms with Gasteiger partial charge >= 0.3 is 5.97 Å². The second-order valence-corrected chi connectivity index (χ2v) is 8.71. The Morgan fingerprint density at radius 3 is 2.81 bits per heavy atom. The van der Waals surface area contributed by atoms with E-state index in [1.165, 1.54) is 0 Å². The third-order valence-corrected chi connectivity index (χ3v) is 7.40. The Bertz CT molecular complexity index is 980. The van der Waals surface area contributed by atoms with Gasteiger partial charge in [-0.1, -0.05) is 28.1 Å². The summed E-state index contributed by atoms with van der Waals surface area (Å²) in [7, 11) is 1.92. The SMILES string of the molecule is CCOC(=O)[C@@]12C[C@@H](Br)C(=O)[C@@H](Cc3c(Br)n(C)c4cccc1c34)C2=O. The zero-order chi connectivity index (χ0) is 18.8. The number of alkyl halides is 1. The largest absolute Gasteiger partial charge is 0.465 e. The summed E-state index contributed by atoms with van der Waals surface area (Å²) in [5.41, 5.74) is 1.02. The second-order valence-electron chi connectivity index (χ2n) is 6.85. The lowest BCUT2D eigenvalue weighted by Crippen LogP contribution is -2.56. The minimum atomic E-state index is -1.45. The van der Waals surface area contributed by atoms with Crippen molar-refractivity contribution in [1.82, 2.24) is 4.57 Å². The summed E-state index contributed by atoms with van der Waals surface area (Å²) < 4.78 is 8.15. The fourth-order valence-corrected chi connectivity index (χ4v) is 5.75. The number of aryl methyl sites for hydroxylation is 1. The van der Waals surface area contributed by atoms with Crippen LogP contribution in [-0.4, -0.2) is 33.5 Å². The molecule has 1 saturated carbocycles. The Hall–Kier alpha value is -1.47. The maximum Gasteiger partial charge on any atom is 0.324 e. The lowest BCUT2D eigenvalue weighted by Gasteiger charge is -2.38. The fraction of sp³-hybridized carbons (Fsp3) is 0.421. The summed E-state index contributed by atoms with van der Waals surface area (Å²) in [4.78, 5) is 38.8. The minimum Gasteiger partial charge on any atom is -0.465 e. The molecule has 3 atom stereocenters. The van der Waals surface area contributed by atoms with E-state index in [1.807, 2.05) is 29.8 Å². The van der Waals surface area contributed by atoms with Gasteiger partial charge in [0.05, 0.1) is 22.0 Å². The van der Waals surface area contributed by atoms with Gasteiger partial charge in [0.2, 0.25) is 0 Å². The van der Waals surface area contributed by atoms with E-state index in [4.69, 9.17) is 4.74 Å². The summed E-state index contributed by atoms with van der Waals surface area (Å²) >= 11 is 7.02. The molecule has 0 spiro atoms. The highest BCUT2D eigenvalue weighted by atomic mass is 79.9. The van der Waals surface area contributed by atoms with Crippen LogP contribution in [0, 0.1) is 5.92 Å². The Balaban J connectivity index is 2.13. The molecular weight excluding hydrogens is 466 g/mol. The van der Waals surface area contributed by atoms with Gasteiger partial charge in [-0.05, 0) is 52.9 Å². The van der Waals surface area contributed by atoms with E-state index < -0.39 is 22.1 Å². The van der Waals surface area contributed by atoms with Crippen LogP contribution < -0.4 is 0 Å². The van der Waals surface area contributed by atoms with Gasteiger partial charge in [0, 0.05) is 18.0 Å². The number of carbonyl (C=O) groups is 3. The number of nitrogens with zero attached hydrogens (tertiary/aromatic N) is 1. The predicted molar refractivity (Wildman–Crippen MR) is 103 cm³/mol. The molecule has 2 bridgehead atoms. The van der Waals surface area contributed by atoms with E-state index in [0.717, 1.165) is 21.1 Å². The molecule has 0 amide bonds. The van der Waals surface area contributed by atoms with E-state index in [9.17, 15) is 14.4 Å². The number of hydrogen-bond acceptors (Lipinski definition) is 4. The van der Waals surface area contributed by atoms with Crippen molar-refractivity contribution < 1.29 is 19.1 Å². The van der Waals surface area contributed by atoms with Crippen LogP contribution in [0.1, 0.15) is 24.5 Å². The predicted octanol–water partition coefficient (Wildman–Crippen LogP) is 3.22. The Labute approximate surface area is 167 Å². The summed E-state index contributed by atoms with van der Waals surface area (Å²) in [6.07, 6.45) is 0.376. The van der Waals surface area contributed by atoms with Crippen LogP contribution in [0.3, 0.4) is 0 Å². The van der Waals surface area contributed by atoms with E-state index in [1.54, 1.807) is 6.92 Å². The first-order valence-electron chi connectivity index (χ1n) is 8.50. The molecule has 136 valence electrons. The molecule has 0 aliphatic heterocycles. The third-order valence-electron chi connectivity index (χ3n) is 5.62. The number of Topliss-reactive ketones (excluding diaryl/α,β-unsaturated/α-hetero) is 2. The van der Waals surface area contributed by atoms with Crippen LogP contribution in [0.15, 0.2) is 22.8 Å². The minimum absolute atomic E-state index is 0.0884. The summed E-state index contributed by atoms with van der Waals surface area (Å²) in [6.45, 7) is 1.90. The number of benzene rings is 1. The van der Waals surface area contributed by atoms with Crippen molar-refractivity contribution in [2.24, 2.45) is 13.0 Å². The highest BCUT2D eigenvalue weighted by molar-refractivity contribution is 9.10. The Morgan fingerprint density at radius 2 is 2.12 bits per heavy atom. The Morgan fingerprint density at radius 1 is 1.38 bits per heavy atom. The second kappa shape index (κ2) is 6.02. The highest BCUT2D eigenvalue weighted by Gasteiger charge is 2.60. The van der Waals surface area contributed by atoms with Crippen LogP contribution in [-0.2, 0) is 38.0 Å². The van der Waals surface area contributed by atoms with E-state index >= 15 is 0 Å². The lowest BCUT2D eigenvalue weighted by molar-refractivity contribution is -0.158. The summed E-state index contributed by atoms with van der Waals surface area (Å²) in [5, 5.41) is 0.875. The van der Waals surface area contributed by atoms with Crippen molar-refractivity contribution in [2.75, 3.05) is 6.61 Å². The number of fused-ring (bicyclic) bond motifs is 3. The monoisotopic (exact) mass is 481 g/mol. The number of ketones is 2. The molecule has 1 aromatic carbocycles. The van der Waals surface area contributed by atoms with E-state index in [2.05, 4.69) is 31.9 Å². The number of carbonyl (C=O) groups excluding carboxylic acids is 3. The van der Waals surface area contributed by atoms with Gasteiger partial charge in [-0.3, -0.25) is 14.4 Å². The summed E-state index contributed by atoms with van der Waals surface area (Å²) in [6, 6.07) is 5.63. The van der Waals surface area contributed by atoms with E-state index in [0.29, 0.717) is 5.56 Å². The number of halogens is 2. The average Bonchev–Trinajstić information content (AvgIpc) is 2.81. The summed E-state index contributed by atoms with van der Waals surface area (Å²) in [5.74, 6) is -1.92. The molecule has 0 unspecified atom stereocenters. The zero-order valence-electron chi connectivity index (χ0n) is 14.3. The van der Waals surface area contributed by atoms with Crippen molar-refractivity contribution in [3.63, 3.8) is 0 Å². The molecule has 0 radical (unpaired) electrons. The fourth-order valence-electron chi connectivity index (χ4n) is 4.39. The van der Waals surface area contributed by atoms with Gasteiger partial charge in [-0.2, -0.15) is 0 Å². The van der Waals surface area contributed by atoms with Crippen LogP contribution >= 0.6 is 31.9 Å². The van der Waals surface area contributed by atoms with Gasteiger partial charge in [-0.25, -0.2) is 0 Å². The quantitative estimate of drug-likeness (QED) is 0.374. The molecule has 5 nitrogen and oxygen atoms in total. The first kappa shape index (κ1) is 17.9. The van der Waals surface area contributed by atoms with Gasteiger partial charge in [0.15, 0.2) is 17.0 Å². The molecular formula is C19H17Br2NO4. The molecule has 0 N–H and O–H groups in total. The van der Waals surface area contributed by atoms with Gasteiger partial charge < -0.3 is 9.30 Å². The third kappa shape index (κ3) is 2.10. The molecule has 2 aliphatic rings. The zero-order valence-corrected chi connectivity index (χ0v) is 17.5. The van der Waals surface area contributed by atoms with Crippen molar-refractivity contribution in [2.45, 2.75) is 30.0 Å². The van der Waals surface area contributed by atoms with Crippen molar-refractivity contribution in [3.05, 3.63) is 33.9 Å². The molecule has 1 aromatic heterocycles. The molecule has 1 heterocycles. The number of hydrogen-bond donors (Lipinski definition) is 0. The lowest BCUT2D eigenvalue weighted by atomic mass is 9.64. The smallest absolute Gasteiger partial charge is 0.324 e. The molecule has 26 heavy (non-hydrogen) atoms. The molecule has 2 aromatic rings. The maximum absolute atomic E-state index is 13.5. The van der Waals surface area contributed by atoms with Crippen molar-refractivity contribution >= 4 is 60.3 Å². The van der Waals surface area contributed by atoms with Gasteiger partial charge in [-0.15, -0.1) is 0 Å². The number of rotatable bonds is 2. The normalized spacial score (nSPS) is 27.5. The van der Waals surface area contributed by atoms with Gasteiger partial charge in [0.25, 0.3) is 0 Å². The molecule has 1 fully saturated rings. The van der Waals surface area contributed by atoms with Crippen molar-refractivity contribution in [1.29, 1.82) is 0 Å². The molecule has 7 heteroatoms. The first-order valence-corrected chi connectivity index (χ1v) is 10.2. The maximum atomic E-state index is 13.5. The molecule has 2 aliphatic carbocycles. The van der Waals surface area contributed by atoms with Crippen LogP contribution in [0.2, 0.25) is 0 Å². The van der Waals surface area contributed by atoms with Crippen LogP contribution in [0.25, 0.3) is 10.9 Å². The standard InChI is InChI=1S/C19H17Br2NO4/c1-3-26-18(25)19-8-12(20)15(23)10(16(19)24)7-9-14-11(19)5-4-6-13(14)22(2)17(9)21/h4-6,10,12H,3,7-8H2,1-2H3/t10-,12-,19+/m1/s1. The van der Waals surface area contributed by atoms with Crippen molar-refractivity contribution in [3.8, 4) is 0 Å². The Kier molecular flexibility index (Phi) is 4.15. The molecule has 0 saturated heterocycles. The van der Waals surface area contributed by atoms with Gasteiger partial charge in [0.1, 0.15) is 0 Å². The number of aromatic nitrogens is 1. The van der Waals surface area contributed by atoms with Crippen LogP contribution in [0.4, 0.5) is 0 Å².